The Kier molecular flexibility index (Phi) is 12.3. The maximum atomic E-state index is 5.88. The largest absolute Gasteiger partial charge is 0.494 e. The van der Waals surface area contributed by atoms with E-state index in [-0.39, 0.29) is 0 Å². The molecule has 0 unspecified atom stereocenters. The molecule has 3 heteroatoms. The van der Waals surface area contributed by atoms with Gasteiger partial charge in [0.1, 0.15) is 5.75 Å². The van der Waals surface area contributed by atoms with E-state index in [9.17, 15) is 0 Å². The SMILES string of the molecule is CCCCCCCCCCCCCCCCOc1ccc(-c2cc(C)[nH]n2)cc1. The van der Waals surface area contributed by atoms with Crippen LogP contribution in [0.1, 0.15) is 103 Å². The van der Waals surface area contributed by atoms with Crippen LogP contribution in [-0.2, 0) is 0 Å². The Morgan fingerprint density at radius 3 is 1.72 bits per heavy atom. The average Bonchev–Trinajstić information content (AvgIpc) is 3.17. The normalized spacial score (nSPS) is 11.1. The molecule has 3 nitrogen and oxygen atoms in total. The molecular formula is C26H42N2O. The lowest BCUT2D eigenvalue weighted by molar-refractivity contribution is 0.304. The first-order valence-corrected chi connectivity index (χ1v) is 12.0. The van der Waals surface area contributed by atoms with Gasteiger partial charge >= 0.3 is 0 Å². The average molecular weight is 399 g/mol. The lowest BCUT2D eigenvalue weighted by atomic mass is 10.0. The van der Waals surface area contributed by atoms with Gasteiger partial charge in [-0.1, -0.05) is 90.4 Å². The van der Waals surface area contributed by atoms with Crippen molar-refractivity contribution in [3.05, 3.63) is 36.0 Å². The van der Waals surface area contributed by atoms with Crippen LogP contribution in [0.4, 0.5) is 0 Å². The molecule has 162 valence electrons. The summed E-state index contributed by atoms with van der Waals surface area (Å²) in [4.78, 5) is 0. The van der Waals surface area contributed by atoms with Gasteiger partial charge in [0.15, 0.2) is 0 Å². The summed E-state index contributed by atoms with van der Waals surface area (Å²) in [7, 11) is 0. The van der Waals surface area contributed by atoms with E-state index in [2.05, 4.69) is 35.3 Å². The van der Waals surface area contributed by atoms with Crippen LogP contribution >= 0.6 is 0 Å². The third-order valence-electron chi connectivity index (χ3n) is 5.62. The Bertz CT molecular complexity index is 632. The van der Waals surface area contributed by atoms with Gasteiger partial charge in [0.25, 0.3) is 0 Å². The molecule has 2 aromatic rings. The summed E-state index contributed by atoms with van der Waals surface area (Å²) < 4.78 is 5.88. The summed E-state index contributed by atoms with van der Waals surface area (Å²) in [5, 5.41) is 7.28. The molecule has 29 heavy (non-hydrogen) atoms. The summed E-state index contributed by atoms with van der Waals surface area (Å²) in [5.74, 6) is 0.954. The van der Waals surface area contributed by atoms with Crippen molar-refractivity contribution in [1.82, 2.24) is 10.2 Å². The molecule has 0 atom stereocenters. The summed E-state index contributed by atoms with van der Waals surface area (Å²) in [5.41, 5.74) is 3.19. The Hall–Kier alpha value is -1.77. The number of nitrogens with zero attached hydrogens (tertiary/aromatic N) is 1. The molecule has 0 bridgehead atoms. The molecule has 0 amide bonds. The highest BCUT2D eigenvalue weighted by Crippen LogP contribution is 2.21. The Morgan fingerprint density at radius 2 is 1.24 bits per heavy atom. The van der Waals surface area contributed by atoms with Crippen molar-refractivity contribution < 1.29 is 4.74 Å². The number of aromatic nitrogens is 2. The third kappa shape index (κ3) is 10.5. The maximum Gasteiger partial charge on any atom is 0.119 e. The number of aryl methyl sites for hydroxylation is 1. The molecule has 0 saturated carbocycles. The first-order chi connectivity index (χ1) is 14.3. The summed E-state index contributed by atoms with van der Waals surface area (Å²) >= 11 is 0. The van der Waals surface area contributed by atoms with Crippen LogP contribution < -0.4 is 4.74 Å². The van der Waals surface area contributed by atoms with Crippen LogP contribution in [0.3, 0.4) is 0 Å². The second kappa shape index (κ2) is 15.1. The van der Waals surface area contributed by atoms with E-state index >= 15 is 0 Å². The van der Waals surface area contributed by atoms with Gasteiger partial charge in [0.2, 0.25) is 0 Å². The molecule has 0 fully saturated rings. The predicted molar refractivity (Wildman–Crippen MR) is 125 cm³/mol. The molecular weight excluding hydrogens is 356 g/mol. The van der Waals surface area contributed by atoms with Gasteiger partial charge in [-0.3, -0.25) is 5.10 Å². The lowest BCUT2D eigenvalue weighted by Gasteiger charge is -2.07. The van der Waals surface area contributed by atoms with E-state index in [1.165, 1.54) is 83.5 Å². The highest BCUT2D eigenvalue weighted by Gasteiger charge is 2.02. The minimum absolute atomic E-state index is 0.818. The fraction of sp³-hybridized carbons (Fsp3) is 0.654. The zero-order chi connectivity index (χ0) is 20.6. The van der Waals surface area contributed by atoms with Crippen molar-refractivity contribution in [3.63, 3.8) is 0 Å². The number of ether oxygens (including phenoxy) is 1. The number of unbranched alkanes of at least 4 members (excludes halogenated alkanes) is 13. The third-order valence-corrected chi connectivity index (χ3v) is 5.62. The monoisotopic (exact) mass is 398 g/mol. The van der Waals surface area contributed by atoms with Crippen LogP contribution in [0.2, 0.25) is 0 Å². The summed E-state index contributed by atoms with van der Waals surface area (Å²) in [6, 6.07) is 10.3. The second-order valence-electron chi connectivity index (χ2n) is 8.41. The van der Waals surface area contributed by atoms with Crippen LogP contribution in [0.5, 0.6) is 5.75 Å². The van der Waals surface area contributed by atoms with Crippen LogP contribution in [0, 0.1) is 6.92 Å². The van der Waals surface area contributed by atoms with E-state index in [4.69, 9.17) is 4.74 Å². The van der Waals surface area contributed by atoms with Gasteiger partial charge < -0.3 is 4.74 Å². The Balaban J connectivity index is 1.39. The molecule has 0 aliphatic rings. The number of hydrogen-bond acceptors (Lipinski definition) is 2. The van der Waals surface area contributed by atoms with Crippen molar-refractivity contribution >= 4 is 0 Å². The van der Waals surface area contributed by atoms with Crippen molar-refractivity contribution in [3.8, 4) is 17.0 Å². The highest BCUT2D eigenvalue weighted by molar-refractivity contribution is 5.60. The molecule has 0 aliphatic carbocycles. The number of aromatic amines is 1. The highest BCUT2D eigenvalue weighted by atomic mass is 16.5. The Labute approximate surface area is 178 Å². The second-order valence-corrected chi connectivity index (χ2v) is 8.41. The molecule has 0 aliphatic heterocycles. The van der Waals surface area contributed by atoms with Crippen molar-refractivity contribution in [1.29, 1.82) is 0 Å². The molecule has 1 aromatic carbocycles. The summed E-state index contributed by atoms with van der Waals surface area (Å²) in [6.45, 7) is 5.12. The van der Waals surface area contributed by atoms with Gasteiger partial charge in [0, 0.05) is 11.3 Å². The number of H-pyrrole nitrogens is 1. The predicted octanol–water partition coefficient (Wildman–Crippen LogP) is 8.25. The van der Waals surface area contributed by atoms with Gasteiger partial charge in [-0.05, 0) is 43.7 Å². The Morgan fingerprint density at radius 1 is 0.724 bits per heavy atom. The molecule has 0 saturated heterocycles. The van der Waals surface area contributed by atoms with Gasteiger partial charge in [-0.15, -0.1) is 0 Å². The lowest BCUT2D eigenvalue weighted by Crippen LogP contribution is -1.97. The van der Waals surface area contributed by atoms with Gasteiger partial charge in [0.05, 0.1) is 12.3 Å². The topological polar surface area (TPSA) is 37.9 Å². The number of benzene rings is 1. The van der Waals surface area contributed by atoms with Crippen LogP contribution in [-0.4, -0.2) is 16.8 Å². The standard InChI is InChI=1S/C26H42N2O/c1-3-4-5-6-7-8-9-10-11-12-13-14-15-16-21-29-25-19-17-24(18-20-25)26-22-23(2)27-28-26/h17-20,22H,3-16,21H2,1-2H3,(H,27,28). The molecule has 0 radical (unpaired) electrons. The fourth-order valence-electron chi connectivity index (χ4n) is 3.77. The van der Waals surface area contributed by atoms with Gasteiger partial charge in [-0.25, -0.2) is 0 Å². The molecule has 1 heterocycles. The number of hydrogen-bond donors (Lipinski definition) is 1. The smallest absolute Gasteiger partial charge is 0.119 e. The summed E-state index contributed by atoms with van der Waals surface area (Å²) in [6.07, 6.45) is 19.4. The minimum Gasteiger partial charge on any atom is -0.494 e. The van der Waals surface area contributed by atoms with E-state index in [1.807, 2.05) is 19.1 Å². The van der Waals surface area contributed by atoms with Crippen molar-refractivity contribution in [2.75, 3.05) is 6.61 Å². The van der Waals surface area contributed by atoms with Crippen molar-refractivity contribution in [2.24, 2.45) is 0 Å². The first kappa shape index (κ1) is 23.5. The zero-order valence-electron chi connectivity index (χ0n) is 18.8. The van der Waals surface area contributed by atoms with Crippen LogP contribution in [0.15, 0.2) is 30.3 Å². The van der Waals surface area contributed by atoms with E-state index in [1.54, 1.807) is 0 Å². The molecule has 1 N–H and O–H groups in total. The minimum atomic E-state index is 0.818. The first-order valence-electron chi connectivity index (χ1n) is 12.0. The van der Waals surface area contributed by atoms with Crippen LogP contribution in [0.25, 0.3) is 11.3 Å². The number of nitrogens with one attached hydrogen (secondary N) is 1. The number of rotatable bonds is 17. The molecule has 1 aromatic heterocycles. The van der Waals surface area contributed by atoms with Crippen molar-refractivity contribution in [2.45, 2.75) is 104 Å². The van der Waals surface area contributed by atoms with E-state index in [0.29, 0.717) is 0 Å². The van der Waals surface area contributed by atoms with E-state index < -0.39 is 0 Å². The quantitative estimate of drug-likeness (QED) is 0.272. The van der Waals surface area contributed by atoms with E-state index in [0.717, 1.165) is 35.7 Å². The molecule has 0 spiro atoms. The fourth-order valence-corrected chi connectivity index (χ4v) is 3.77. The molecule has 2 rings (SSSR count). The van der Waals surface area contributed by atoms with Gasteiger partial charge in [-0.2, -0.15) is 5.10 Å². The zero-order valence-corrected chi connectivity index (χ0v) is 18.8. The maximum absolute atomic E-state index is 5.88.